The Kier molecular flexibility index (Phi) is 7.46. The molecule has 0 saturated heterocycles. The lowest BCUT2D eigenvalue weighted by Gasteiger charge is -2.10. The SMILES string of the molecule is COc1cc(SC)ccc1C(=O)NCCSCc1ccccc1F. The van der Waals surface area contributed by atoms with Gasteiger partial charge in [-0.25, -0.2) is 4.39 Å². The summed E-state index contributed by atoms with van der Waals surface area (Å²) in [5.41, 5.74) is 1.21. The van der Waals surface area contributed by atoms with E-state index in [1.165, 1.54) is 6.07 Å². The van der Waals surface area contributed by atoms with Crippen molar-refractivity contribution in [2.75, 3.05) is 25.7 Å². The number of carbonyl (C=O) groups is 1. The van der Waals surface area contributed by atoms with E-state index in [0.29, 0.717) is 34.9 Å². The second-order valence-electron chi connectivity index (χ2n) is 4.97. The molecule has 0 heterocycles. The molecule has 1 N–H and O–H groups in total. The van der Waals surface area contributed by atoms with E-state index in [2.05, 4.69) is 5.32 Å². The van der Waals surface area contributed by atoms with Crippen LogP contribution in [0.15, 0.2) is 47.4 Å². The number of ether oxygens (including phenoxy) is 1. The molecule has 0 atom stereocenters. The van der Waals surface area contributed by atoms with Crippen molar-refractivity contribution in [3.05, 3.63) is 59.4 Å². The monoisotopic (exact) mass is 365 g/mol. The number of methoxy groups -OCH3 is 1. The first-order valence-electron chi connectivity index (χ1n) is 7.47. The van der Waals surface area contributed by atoms with E-state index in [4.69, 9.17) is 4.74 Å². The Bertz CT molecular complexity index is 694. The van der Waals surface area contributed by atoms with Crippen molar-refractivity contribution in [2.24, 2.45) is 0 Å². The van der Waals surface area contributed by atoms with Crippen molar-refractivity contribution in [3.63, 3.8) is 0 Å². The van der Waals surface area contributed by atoms with Gasteiger partial charge in [0.05, 0.1) is 12.7 Å². The van der Waals surface area contributed by atoms with Crippen LogP contribution in [0.25, 0.3) is 0 Å². The molecule has 2 rings (SSSR count). The number of amides is 1. The first-order valence-corrected chi connectivity index (χ1v) is 9.85. The maximum atomic E-state index is 13.5. The van der Waals surface area contributed by atoms with Crippen molar-refractivity contribution in [2.45, 2.75) is 10.6 Å². The average Bonchev–Trinajstić information content (AvgIpc) is 2.62. The molecule has 0 spiro atoms. The molecule has 0 aliphatic carbocycles. The third kappa shape index (κ3) is 5.18. The number of hydrogen-bond acceptors (Lipinski definition) is 4. The summed E-state index contributed by atoms with van der Waals surface area (Å²) < 4.78 is 18.8. The molecule has 2 aromatic rings. The van der Waals surface area contributed by atoms with Gasteiger partial charge in [0.15, 0.2) is 0 Å². The summed E-state index contributed by atoms with van der Waals surface area (Å²) in [6.07, 6.45) is 1.97. The molecule has 1 amide bonds. The number of thioether (sulfide) groups is 2. The van der Waals surface area contributed by atoms with Gasteiger partial charge in [-0.2, -0.15) is 11.8 Å². The van der Waals surface area contributed by atoms with E-state index >= 15 is 0 Å². The molecular formula is C18H20FNO2S2. The molecular weight excluding hydrogens is 345 g/mol. The van der Waals surface area contributed by atoms with Gasteiger partial charge in [0.1, 0.15) is 11.6 Å². The van der Waals surface area contributed by atoms with Gasteiger partial charge in [0.25, 0.3) is 5.91 Å². The largest absolute Gasteiger partial charge is 0.496 e. The number of benzene rings is 2. The summed E-state index contributed by atoms with van der Waals surface area (Å²) in [6.45, 7) is 0.519. The number of rotatable bonds is 8. The normalized spacial score (nSPS) is 10.5. The van der Waals surface area contributed by atoms with Crippen LogP contribution in [0.1, 0.15) is 15.9 Å². The lowest BCUT2D eigenvalue weighted by atomic mass is 10.2. The van der Waals surface area contributed by atoms with Crippen molar-refractivity contribution >= 4 is 29.4 Å². The Balaban J connectivity index is 1.80. The molecule has 0 aromatic heterocycles. The highest BCUT2D eigenvalue weighted by Crippen LogP contribution is 2.25. The van der Waals surface area contributed by atoms with Crippen molar-refractivity contribution in [1.29, 1.82) is 0 Å². The fourth-order valence-electron chi connectivity index (χ4n) is 2.12. The molecule has 128 valence electrons. The molecule has 6 heteroatoms. The van der Waals surface area contributed by atoms with Crippen LogP contribution in [-0.4, -0.2) is 31.6 Å². The summed E-state index contributed by atoms with van der Waals surface area (Å²) in [7, 11) is 1.56. The van der Waals surface area contributed by atoms with Gasteiger partial charge in [0.2, 0.25) is 0 Å². The highest BCUT2D eigenvalue weighted by Gasteiger charge is 2.12. The lowest BCUT2D eigenvalue weighted by Crippen LogP contribution is -2.26. The first-order chi connectivity index (χ1) is 11.7. The van der Waals surface area contributed by atoms with Crippen LogP contribution in [-0.2, 0) is 5.75 Å². The topological polar surface area (TPSA) is 38.3 Å². The van der Waals surface area contributed by atoms with Crippen molar-refractivity contribution < 1.29 is 13.9 Å². The molecule has 0 fully saturated rings. The summed E-state index contributed by atoms with van der Waals surface area (Å²) >= 11 is 3.18. The predicted molar refractivity (Wildman–Crippen MR) is 99.7 cm³/mol. The van der Waals surface area contributed by atoms with Gasteiger partial charge >= 0.3 is 0 Å². The van der Waals surface area contributed by atoms with Gasteiger partial charge in [-0.1, -0.05) is 18.2 Å². The second kappa shape index (κ2) is 9.59. The van der Waals surface area contributed by atoms with Crippen LogP contribution in [0.2, 0.25) is 0 Å². The van der Waals surface area contributed by atoms with Crippen molar-refractivity contribution in [1.82, 2.24) is 5.32 Å². The lowest BCUT2D eigenvalue weighted by molar-refractivity contribution is 0.0953. The predicted octanol–water partition coefficient (Wildman–Crippen LogP) is 4.22. The van der Waals surface area contributed by atoms with Gasteiger partial charge in [-0.15, -0.1) is 11.8 Å². The van der Waals surface area contributed by atoms with E-state index in [1.807, 2.05) is 24.5 Å². The van der Waals surface area contributed by atoms with E-state index in [1.54, 1.807) is 48.8 Å². The van der Waals surface area contributed by atoms with Gasteiger partial charge in [-0.05, 0) is 36.1 Å². The molecule has 0 unspecified atom stereocenters. The first kappa shape index (κ1) is 18.7. The van der Waals surface area contributed by atoms with E-state index in [0.717, 1.165) is 4.90 Å². The molecule has 0 aliphatic heterocycles. The maximum absolute atomic E-state index is 13.5. The summed E-state index contributed by atoms with van der Waals surface area (Å²) in [6, 6.07) is 12.3. The van der Waals surface area contributed by atoms with Gasteiger partial charge < -0.3 is 10.1 Å². The highest BCUT2D eigenvalue weighted by molar-refractivity contribution is 7.98. The molecule has 24 heavy (non-hydrogen) atoms. The van der Waals surface area contributed by atoms with Crippen LogP contribution in [0, 0.1) is 5.82 Å². The number of nitrogens with one attached hydrogen (secondary N) is 1. The molecule has 3 nitrogen and oxygen atoms in total. The zero-order valence-corrected chi connectivity index (χ0v) is 15.3. The average molecular weight is 365 g/mol. The molecule has 2 aromatic carbocycles. The Labute approximate surface area is 150 Å². The number of carbonyl (C=O) groups excluding carboxylic acids is 1. The highest BCUT2D eigenvalue weighted by atomic mass is 32.2. The van der Waals surface area contributed by atoms with Crippen LogP contribution < -0.4 is 10.1 Å². The summed E-state index contributed by atoms with van der Waals surface area (Å²) in [5, 5.41) is 2.87. The number of halogens is 1. The molecule has 0 radical (unpaired) electrons. The Hall–Kier alpha value is -1.66. The van der Waals surface area contributed by atoms with Crippen molar-refractivity contribution in [3.8, 4) is 5.75 Å². The molecule has 0 saturated carbocycles. The van der Waals surface area contributed by atoms with E-state index < -0.39 is 0 Å². The zero-order chi connectivity index (χ0) is 17.4. The Morgan fingerprint density at radius 2 is 2.04 bits per heavy atom. The smallest absolute Gasteiger partial charge is 0.255 e. The van der Waals surface area contributed by atoms with E-state index in [9.17, 15) is 9.18 Å². The van der Waals surface area contributed by atoms with E-state index in [-0.39, 0.29) is 11.7 Å². The summed E-state index contributed by atoms with van der Waals surface area (Å²) in [4.78, 5) is 13.3. The molecule has 0 aliphatic rings. The minimum Gasteiger partial charge on any atom is -0.496 e. The minimum absolute atomic E-state index is 0.161. The van der Waals surface area contributed by atoms with Crippen LogP contribution in [0.5, 0.6) is 5.75 Å². The minimum atomic E-state index is -0.187. The third-order valence-electron chi connectivity index (χ3n) is 3.40. The Morgan fingerprint density at radius 3 is 2.75 bits per heavy atom. The van der Waals surface area contributed by atoms with Gasteiger partial charge in [-0.3, -0.25) is 4.79 Å². The fourth-order valence-corrected chi connectivity index (χ4v) is 3.39. The van der Waals surface area contributed by atoms with Crippen LogP contribution in [0.3, 0.4) is 0 Å². The Morgan fingerprint density at radius 1 is 1.25 bits per heavy atom. The maximum Gasteiger partial charge on any atom is 0.255 e. The third-order valence-corrected chi connectivity index (χ3v) is 5.13. The van der Waals surface area contributed by atoms with Crippen LogP contribution >= 0.6 is 23.5 Å². The van der Waals surface area contributed by atoms with Gasteiger partial charge in [0, 0.05) is 22.9 Å². The number of hydrogen-bond donors (Lipinski definition) is 1. The van der Waals surface area contributed by atoms with Crippen LogP contribution in [0.4, 0.5) is 4.39 Å². The molecule has 0 bridgehead atoms. The second-order valence-corrected chi connectivity index (χ2v) is 6.95. The quantitative estimate of drug-likeness (QED) is 0.561. The summed E-state index contributed by atoms with van der Waals surface area (Å²) in [5.74, 6) is 1.52. The zero-order valence-electron chi connectivity index (χ0n) is 13.7. The fraction of sp³-hybridized carbons (Fsp3) is 0.278. The standard InChI is InChI=1S/C18H20FNO2S2/c1-22-17-11-14(23-2)7-8-15(17)18(21)20-9-10-24-12-13-5-3-4-6-16(13)19/h3-8,11H,9-10,12H2,1-2H3,(H,20,21).